The number of aliphatic hydroxyl groups is 5. The molecule has 0 aromatic rings. The lowest BCUT2D eigenvalue weighted by Gasteiger charge is -2.42. The molecule has 0 amide bonds. The van der Waals surface area contributed by atoms with E-state index >= 15 is 0 Å². The Labute approximate surface area is 110 Å². The number of hydrogen-bond acceptors (Lipinski definition) is 8. The number of ether oxygens (including phenoxy) is 2. The first-order valence-electron chi connectivity index (χ1n) is 5.94. The molecule has 19 heavy (non-hydrogen) atoms. The highest BCUT2D eigenvalue weighted by atomic mass is 16.5. The normalized spacial score (nSPS) is 36.8. The van der Waals surface area contributed by atoms with Gasteiger partial charge in [-0.25, -0.2) is 0 Å². The molecule has 0 radical (unpaired) electrons. The Bertz CT molecular complexity index is 294. The van der Waals surface area contributed by atoms with Gasteiger partial charge in [-0.3, -0.25) is 4.79 Å². The summed E-state index contributed by atoms with van der Waals surface area (Å²) in [7, 11) is 1.18. The molecule has 8 nitrogen and oxygen atoms in total. The standard InChI is InChI=1S/C11H20O8/c1-18-7(14)2-5(3-12)11-10(17)9(16)8(15)6(4-13)19-11/h5-6,8-13,15-17H,2-4H2,1H3/t5-,6+,8+,9-,10+,11-/m0/s1. The van der Waals surface area contributed by atoms with Gasteiger partial charge >= 0.3 is 5.97 Å². The molecule has 1 aliphatic heterocycles. The van der Waals surface area contributed by atoms with Crippen LogP contribution in [0.3, 0.4) is 0 Å². The van der Waals surface area contributed by atoms with Crippen molar-refractivity contribution in [3.8, 4) is 0 Å². The van der Waals surface area contributed by atoms with Gasteiger partial charge in [-0.15, -0.1) is 0 Å². The third-order valence-electron chi connectivity index (χ3n) is 3.28. The van der Waals surface area contributed by atoms with Crippen LogP contribution in [0.5, 0.6) is 0 Å². The number of esters is 1. The molecule has 112 valence electrons. The van der Waals surface area contributed by atoms with Crippen molar-refractivity contribution in [2.75, 3.05) is 20.3 Å². The molecule has 0 aliphatic carbocycles. The molecule has 6 atom stereocenters. The summed E-state index contributed by atoms with van der Waals surface area (Å²) in [4.78, 5) is 11.2. The Kier molecular flexibility index (Phi) is 6.11. The van der Waals surface area contributed by atoms with Crippen molar-refractivity contribution in [1.29, 1.82) is 0 Å². The monoisotopic (exact) mass is 280 g/mol. The molecule has 0 bridgehead atoms. The molecule has 1 fully saturated rings. The van der Waals surface area contributed by atoms with Crippen LogP contribution in [0.4, 0.5) is 0 Å². The maximum absolute atomic E-state index is 11.2. The highest BCUT2D eigenvalue weighted by Crippen LogP contribution is 2.27. The number of rotatable bonds is 5. The minimum absolute atomic E-state index is 0.213. The number of aliphatic hydroxyl groups excluding tert-OH is 5. The van der Waals surface area contributed by atoms with Crippen LogP contribution in [0, 0.1) is 5.92 Å². The molecule has 8 heteroatoms. The van der Waals surface area contributed by atoms with Gasteiger partial charge in [0, 0.05) is 12.5 Å². The van der Waals surface area contributed by atoms with E-state index < -0.39 is 55.6 Å². The van der Waals surface area contributed by atoms with Crippen LogP contribution in [-0.4, -0.2) is 82.3 Å². The Morgan fingerprint density at radius 1 is 1.21 bits per heavy atom. The molecular formula is C11H20O8. The fourth-order valence-corrected chi connectivity index (χ4v) is 2.10. The zero-order valence-electron chi connectivity index (χ0n) is 10.5. The van der Waals surface area contributed by atoms with Gasteiger partial charge < -0.3 is 35.0 Å². The summed E-state index contributed by atoms with van der Waals surface area (Å²) in [6, 6.07) is 0. The van der Waals surface area contributed by atoms with E-state index in [1.165, 1.54) is 7.11 Å². The van der Waals surface area contributed by atoms with Crippen molar-refractivity contribution in [2.45, 2.75) is 36.9 Å². The van der Waals surface area contributed by atoms with Crippen molar-refractivity contribution in [3.63, 3.8) is 0 Å². The molecule has 5 N–H and O–H groups in total. The number of carbonyl (C=O) groups is 1. The smallest absolute Gasteiger partial charge is 0.305 e. The average molecular weight is 280 g/mol. The Morgan fingerprint density at radius 2 is 1.84 bits per heavy atom. The predicted molar refractivity (Wildman–Crippen MR) is 61.0 cm³/mol. The van der Waals surface area contributed by atoms with Crippen LogP contribution in [-0.2, 0) is 14.3 Å². The lowest BCUT2D eigenvalue weighted by atomic mass is 9.86. The average Bonchev–Trinajstić information content (AvgIpc) is 2.42. The Balaban J connectivity index is 2.80. The van der Waals surface area contributed by atoms with E-state index in [9.17, 15) is 25.2 Å². The van der Waals surface area contributed by atoms with Crippen LogP contribution in [0.25, 0.3) is 0 Å². The number of hydrogen-bond donors (Lipinski definition) is 5. The van der Waals surface area contributed by atoms with Crippen molar-refractivity contribution < 1.29 is 39.8 Å². The second-order valence-corrected chi connectivity index (χ2v) is 4.52. The summed E-state index contributed by atoms with van der Waals surface area (Å²) in [5.41, 5.74) is 0. The van der Waals surface area contributed by atoms with Gasteiger partial charge in [0.05, 0.1) is 26.2 Å². The minimum atomic E-state index is -1.53. The molecule has 1 heterocycles. The van der Waals surface area contributed by atoms with E-state index in [0.717, 1.165) is 0 Å². The summed E-state index contributed by atoms with van der Waals surface area (Å²) >= 11 is 0. The van der Waals surface area contributed by atoms with Gasteiger partial charge in [0.15, 0.2) is 0 Å². The fourth-order valence-electron chi connectivity index (χ4n) is 2.10. The molecule has 1 saturated heterocycles. The number of carbonyl (C=O) groups excluding carboxylic acids is 1. The maximum atomic E-state index is 11.2. The van der Waals surface area contributed by atoms with Gasteiger partial charge in [0.1, 0.15) is 24.4 Å². The molecule has 0 aromatic carbocycles. The van der Waals surface area contributed by atoms with Crippen molar-refractivity contribution in [1.82, 2.24) is 0 Å². The first kappa shape index (κ1) is 16.3. The molecule has 0 spiro atoms. The first-order valence-corrected chi connectivity index (χ1v) is 5.94. The van der Waals surface area contributed by atoms with E-state index in [-0.39, 0.29) is 6.42 Å². The van der Waals surface area contributed by atoms with E-state index in [1.807, 2.05) is 0 Å². The lowest BCUT2D eigenvalue weighted by molar-refractivity contribution is -0.244. The summed E-state index contributed by atoms with van der Waals surface area (Å²) in [5.74, 6) is -1.41. The van der Waals surface area contributed by atoms with Gasteiger partial charge in [-0.05, 0) is 0 Å². The zero-order chi connectivity index (χ0) is 14.6. The fraction of sp³-hybridized carbons (Fsp3) is 0.909. The number of methoxy groups -OCH3 is 1. The maximum Gasteiger partial charge on any atom is 0.305 e. The van der Waals surface area contributed by atoms with Gasteiger partial charge in [0.25, 0.3) is 0 Å². The summed E-state index contributed by atoms with van der Waals surface area (Å²) in [6.45, 7) is -1.03. The van der Waals surface area contributed by atoms with E-state index in [2.05, 4.69) is 4.74 Å². The van der Waals surface area contributed by atoms with Crippen LogP contribution < -0.4 is 0 Å². The highest BCUT2D eigenvalue weighted by molar-refractivity contribution is 5.69. The summed E-state index contributed by atoms with van der Waals surface area (Å²) in [6.07, 6.45) is -6.82. The van der Waals surface area contributed by atoms with Crippen molar-refractivity contribution >= 4 is 5.97 Å². The van der Waals surface area contributed by atoms with Crippen LogP contribution >= 0.6 is 0 Å². The first-order chi connectivity index (χ1) is 8.96. The van der Waals surface area contributed by atoms with Crippen molar-refractivity contribution in [2.24, 2.45) is 5.92 Å². The van der Waals surface area contributed by atoms with Crippen molar-refractivity contribution in [3.05, 3.63) is 0 Å². The van der Waals surface area contributed by atoms with Gasteiger partial charge in [0.2, 0.25) is 0 Å². The molecule has 0 saturated carbocycles. The largest absolute Gasteiger partial charge is 0.469 e. The predicted octanol–water partition coefficient (Wildman–Crippen LogP) is -3.00. The lowest BCUT2D eigenvalue weighted by Crippen LogP contribution is -2.60. The minimum Gasteiger partial charge on any atom is -0.469 e. The highest BCUT2D eigenvalue weighted by Gasteiger charge is 2.46. The quantitative estimate of drug-likeness (QED) is 0.336. The SMILES string of the molecule is COC(=O)C[C@@H](CO)[C@@H]1O[C@H](CO)[C@@H](O)[C@H](O)[C@H]1O. The Hall–Kier alpha value is -0.770. The topological polar surface area (TPSA) is 137 Å². The van der Waals surface area contributed by atoms with E-state index in [4.69, 9.17) is 9.84 Å². The van der Waals surface area contributed by atoms with E-state index in [0.29, 0.717) is 0 Å². The van der Waals surface area contributed by atoms with Crippen LogP contribution in [0.2, 0.25) is 0 Å². The van der Waals surface area contributed by atoms with Crippen LogP contribution in [0.1, 0.15) is 6.42 Å². The molecule has 1 rings (SSSR count). The summed E-state index contributed by atoms with van der Waals surface area (Å²) in [5, 5.41) is 47.3. The summed E-state index contributed by atoms with van der Waals surface area (Å²) < 4.78 is 9.71. The zero-order valence-corrected chi connectivity index (χ0v) is 10.5. The third-order valence-corrected chi connectivity index (χ3v) is 3.28. The van der Waals surface area contributed by atoms with Crippen LogP contribution in [0.15, 0.2) is 0 Å². The molecule has 0 unspecified atom stereocenters. The van der Waals surface area contributed by atoms with E-state index in [1.54, 1.807) is 0 Å². The van der Waals surface area contributed by atoms with Gasteiger partial charge in [-0.1, -0.05) is 0 Å². The molecule has 0 aromatic heterocycles. The molecule has 1 aliphatic rings. The second kappa shape index (κ2) is 7.13. The third kappa shape index (κ3) is 3.62. The second-order valence-electron chi connectivity index (χ2n) is 4.52. The van der Waals surface area contributed by atoms with Gasteiger partial charge in [-0.2, -0.15) is 0 Å². The Morgan fingerprint density at radius 3 is 2.32 bits per heavy atom. The molecular weight excluding hydrogens is 260 g/mol.